The molecule has 8 heteroatoms. The molecule has 0 aliphatic rings. The number of esters is 1. The number of benzene rings is 2. The highest BCUT2D eigenvalue weighted by Crippen LogP contribution is 2.20. The van der Waals surface area contributed by atoms with Gasteiger partial charge in [-0.15, -0.1) is 5.10 Å². The summed E-state index contributed by atoms with van der Waals surface area (Å²) < 4.78 is 9.84. The zero-order valence-electron chi connectivity index (χ0n) is 14.3. The number of nitrogens with one attached hydrogen (secondary N) is 2. The van der Waals surface area contributed by atoms with Crippen LogP contribution in [0.15, 0.2) is 54.7 Å². The molecule has 0 fully saturated rings. The molecule has 2 N–H and O–H groups in total. The van der Waals surface area contributed by atoms with Crippen LogP contribution in [-0.4, -0.2) is 35.4 Å². The Morgan fingerprint density at radius 1 is 1.00 bits per heavy atom. The molecule has 1 heterocycles. The fourth-order valence-electron chi connectivity index (χ4n) is 2.21. The first-order chi connectivity index (χ1) is 12.7. The minimum absolute atomic E-state index is 0.297. The summed E-state index contributed by atoms with van der Waals surface area (Å²) in [5, 5.41) is 14.0. The number of aromatic nitrogens is 3. The first-order valence-electron chi connectivity index (χ1n) is 7.74. The quantitative estimate of drug-likeness (QED) is 0.654. The molecule has 132 valence electrons. The van der Waals surface area contributed by atoms with E-state index >= 15 is 0 Å². The molecule has 0 unspecified atom stereocenters. The van der Waals surface area contributed by atoms with Crippen molar-refractivity contribution in [2.75, 3.05) is 24.9 Å². The van der Waals surface area contributed by atoms with Gasteiger partial charge >= 0.3 is 5.97 Å². The molecule has 0 spiro atoms. The Bertz CT molecular complexity index is 899. The average Bonchev–Trinajstić information content (AvgIpc) is 2.68. The molecule has 0 atom stereocenters. The van der Waals surface area contributed by atoms with Gasteiger partial charge in [-0.25, -0.2) is 4.79 Å². The molecule has 0 aliphatic heterocycles. The van der Waals surface area contributed by atoms with Gasteiger partial charge in [0.15, 0.2) is 5.82 Å². The van der Waals surface area contributed by atoms with Crippen LogP contribution < -0.4 is 15.4 Å². The van der Waals surface area contributed by atoms with E-state index in [0.29, 0.717) is 23.0 Å². The topological polar surface area (TPSA) is 98.3 Å². The van der Waals surface area contributed by atoms with E-state index in [9.17, 15) is 4.79 Å². The maximum Gasteiger partial charge on any atom is 0.337 e. The third kappa shape index (κ3) is 4.23. The van der Waals surface area contributed by atoms with Crippen LogP contribution >= 0.6 is 0 Å². The maximum absolute atomic E-state index is 11.6. The lowest BCUT2D eigenvalue weighted by molar-refractivity contribution is 0.0601. The number of ether oxygens (including phenoxy) is 2. The summed E-state index contributed by atoms with van der Waals surface area (Å²) in [6, 6.07) is 14.3. The van der Waals surface area contributed by atoms with E-state index in [-0.39, 0.29) is 0 Å². The molecular formula is C18H17N5O3. The Morgan fingerprint density at radius 2 is 1.81 bits per heavy atom. The number of hydrogen-bond donors (Lipinski definition) is 2. The molecule has 0 bridgehead atoms. The molecule has 26 heavy (non-hydrogen) atoms. The van der Waals surface area contributed by atoms with Gasteiger partial charge in [0, 0.05) is 11.4 Å². The second-order valence-corrected chi connectivity index (χ2v) is 5.22. The number of hydrogen-bond acceptors (Lipinski definition) is 8. The SMILES string of the molecule is COC(=O)c1cccc(Nc2nncc(Nc3ccc(OC)cc3)n2)c1. The first kappa shape index (κ1) is 17.2. The Labute approximate surface area is 150 Å². The number of methoxy groups -OCH3 is 2. The van der Waals surface area contributed by atoms with Crippen LogP contribution in [0.1, 0.15) is 10.4 Å². The van der Waals surface area contributed by atoms with Crippen molar-refractivity contribution >= 4 is 29.1 Å². The van der Waals surface area contributed by atoms with Gasteiger partial charge in [0.05, 0.1) is 26.0 Å². The summed E-state index contributed by atoms with van der Waals surface area (Å²) in [4.78, 5) is 16.0. The van der Waals surface area contributed by atoms with E-state index in [1.165, 1.54) is 13.3 Å². The van der Waals surface area contributed by atoms with Crippen molar-refractivity contribution in [3.8, 4) is 5.75 Å². The van der Waals surface area contributed by atoms with Crippen molar-refractivity contribution in [1.82, 2.24) is 15.2 Å². The van der Waals surface area contributed by atoms with Gasteiger partial charge < -0.3 is 20.1 Å². The highest BCUT2D eigenvalue weighted by atomic mass is 16.5. The molecule has 2 aromatic carbocycles. The highest BCUT2D eigenvalue weighted by Gasteiger charge is 2.07. The minimum Gasteiger partial charge on any atom is -0.497 e. The van der Waals surface area contributed by atoms with Crippen molar-refractivity contribution in [2.45, 2.75) is 0 Å². The Morgan fingerprint density at radius 3 is 2.54 bits per heavy atom. The van der Waals surface area contributed by atoms with E-state index in [4.69, 9.17) is 9.47 Å². The summed E-state index contributed by atoms with van der Waals surface area (Å²) >= 11 is 0. The van der Waals surface area contributed by atoms with E-state index in [1.54, 1.807) is 31.4 Å². The summed E-state index contributed by atoms with van der Waals surface area (Å²) in [5.74, 6) is 1.18. The second kappa shape index (κ2) is 7.93. The van der Waals surface area contributed by atoms with Crippen molar-refractivity contribution in [2.24, 2.45) is 0 Å². The van der Waals surface area contributed by atoms with E-state index in [2.05, 4.69) is 25.8 Å². The zero-order chi connectivity index (χ0) is 18.4. The van der Waals surface area contributed by atoms with Gasteiger partial charge in [-0.05, 0) is 42.5 Å². The molecular weight excluding hydrogens is 334 g/mol. The molecule has 0 saturated heterocycles. The van der Waals surface area contributed by atoms with Crippen LogP contribution in [-0.2, 0) is 4.74 Å². The number of anilines is 4. The third-order valence-corrected chi connectivity index (χ3v) is 3.46. The van der Waals surface area contributed by atoms with Crippen LogP contribution in [0, 0.1) is 0 Å². The summed E-state index contributed by atoms with van der Waals surface area (Å²) in [6.07, 6.45) is 1.51. The number of carbonyl (C=O) groups is 1. The van der Waals surface area contributed by atoms with Crippen LogP contribution in [0.25, 0.3) is 0 Å². The number of carbonyl (C=O) groups excluding carboxylic acids is 1. The van der Waals surface area contributed by atoms with Crippen LogP contribution in [0.4, 0.5) is 23.1 Å². The van der Waals surface area contributed by atoms with Gasteiger partial charge in [-0.2, -0.15) is 10.1 Å². The Hall–Kier alpha value is -3.68. The molecule has 1 aromatic heterocycles. The summed E-state index contributed by atoms with van der Waals surface area (Å²) in [5.41, 5.74) is 1.92. The largest absolute Gasteiger partial charge is 0.497 e. The fourth-order valence-corrected chi connectivity index (χ4v) is 2.21. The first-order valence-corrected chi connectivity index (χ1v) is 7.74. The number of rotatable bonds is 6. The van der Waals surface area contributed by atoms with E-state index < -0.39 is 5.97 Å². The number of nitrogens with zero attached hydrogens (tertiary/aromatic N) is 3. The average molecular weight is 351 g/mol. The molecule has 8 nitrogen and oxygen atoms in total. The maximum atomic E-state index is 11.6. The predicted molar refractivity (Wildman–Crippen MR) is 97.2 cm³/mol. The van der Waals surface area contributed by atoms with Crippen molar-refractivity contribution in [1.29, 1.82) is 0 Å². The van der Waals surface area contributed by atoms with Crippen LogP contribution in [0.2, 0.25) is 0 Å². The van der Waals surface area contributed by atoms with Gasteiger partial charge in [0.2, 0.25) is 5.95 Å². The lowest BCUT2D eigenvalue weighted by Crippen LogP contribution is -2.04. The van der Waals surface area contributed by atoms with Crippen molar-refractivity contribution in [3.63, 3.8) is 0 Å². The second-order valence-electron chi connectivity index (χ2n) is 5.22. The predicted octanol–water partition coefficient (Wildman–Crippen LogP) is 3.15. The van der Waals surface area contributed by atoms with E-state index in [0.717, 1.165) is 11.4 Å². The van der Waals surface area contributed by atoms with Gasteiger partial charge in [-0.3, -0.25) is 0 Å². The Balaban J connectivity index is 1.73. The normalized spacial score (nSPS) is 10.1. The summed E-state index contributed by atoms with van der Waals surface area (Å²) in [6.45, 7) is 0. The molecule has 0 aliphatic carbocycles. The molecule has 3 rings (SSSR count). The van der Waals surface area contributed by atoms with E-state index in [1.807, 2.05) is 24.3 Å². The smallest absolute Gasteiger partial charge is 0.337 e. The lowest BCUT2D eigenvalue weighted by atomic mass is 10.2. The van der Waals surface area contributed by atoms with Gasteiger partial charge in [0.1, 0.15) is 5.75 Å². The molecule has 0 radical (unpaired) electrons. The fraction of sp³-hybridized carbons (Fsp3) is 0.111. The van der Waals surface area contributed by atoms with Crippen molar-refractivity contribution in [3.05, 3.63) is 60.3 Å². The van der Waals surface area contributed by atoms with Crippen LogP contribution in [0.3, 0.4) is 0 Å². The molecule has 0 amide bonds. The third-order valence-electron chi connectivity index (χ3n) is 3.46. The molecule has 0 saturated carbocycles. The standard InChI is InChI=1S/C18H17N5O3/c1-25-15-8-6-13(7-9-15)20-16-11-19-23-18(22-16)21-14-5-3-4-12(10-14)17(24)26-2/h3-11H,1-2H3,(H2,20,21,22,23). The lowest BCUT2D eigenvalue weighted by Gasteiger charge is -2.09. The molecule has 3 aromatic rings. The monoisotopic (exact) mass is 351 g/mol. The van der Waals surface area contributed by atoms with Gasteiger partial charge in [0.25, 0.3) is 0 Å². The highest BCUT2D eigenvalue weighted by molar-refractivity contribution is 5.90. The summed E-state index contributed by atoms with van der Waals surface area (Å²) in [7, 11) is 2.95. The van der Waals surface area contributed by atoms with Gasteiger partial charge in [-0.1, -0.05) is 6.07 Å². The van der Waals surface area contributed by atoms with Crippen LogP contribution in [0.5, 0.6) is 5.75 Å². The zero-order valence-corrected chi connectivity index (χ0v) is 14.3. The Kier molecular flexibility index (Phi) is 5.23. The minimum atomic E-state index is -0.414. The van der Waals surface area contributed by atoms with Crippen molar-refractivity contribution < 1.29 is 14.3 Å².